The molecule has 33 heavy (non-hydrogen) atoms. The highest BCUT2D eigenvalue weighted by atomic mass is 79.9. The molecule has 4 heterocycles. The van der Waals surface area contributed by atoms with Crippen molar-refractivity contribution in [1.82, 2.24) is 14.9 Å². The number of hydrogen-bond donors (Lipinski definition) is 1. The van der Waals surface area contributed by atoms with Gasteiger partial charge in [-0.2, -0.15) is 0 Å². The topological polar surface area (TPSA) is 84.6 Å². The Morgan fingerprint density at radius 3 is 2.52 bits per heavy atom. The number of halogens is 1. The van der Waals surface area contributed by atoms with Crippen molar-refractivity contribution in [3.05, 3.63) is 51.4 Å². The third-order valence-corrected chi connectivity index (χ3v) is 7.14. The summed E-state index contributed by atoms with van der Waals surface area (Å²) in [7, 11) is 0. The molecule has 2 aromatic rings. The Labute approximate surface area is 204 Å². The van der Waals surface area contributed by atoms with Crippen molar-refractivity contribution >= 4 is 27.7 Å². The van der Waals surface area contributed by atoms with E-state index in [1.54, 1.807) is 0 Å². The first-order chi connectivity index (χ1) is 16.0. The number of fused-ring (bicyclic) bond motifs is 1. The summed E-state index contributed by atoms with van der Waals surface area (Å²) in [6.07, 6.45) is 8.11. The summed E-state index contributed by atoms with van der Waals surface area (Å²) in [6, 6.07) is 6.63. The van der Waals surface area contributed by atoms with Gasteiger partial charge in [-0.15, -0.1) is 0 Å². The molecule has 5 rings (SSSR count). The van der Waals surface area contributed by atoms with Crippen LogP contribution in [0.5, 0.6) is 0 Å². The number of carbonyl (C=O) groups excluding carboxylic acids is 1. The summed E-state index contributed by atoms with van der Waals surface area (Å²) < 4.78 is 6.15. The Kier molecular flexibility index (Phi) is 8.33. The number of benzene rings is 1. The number of rotatable bonds is 2. The molecule has 3 aliphatic rings. The van der Waals surface area contributed by atoms with Crippen molar-refractivity contribution in [3.8, 4) is 0 Å². The summed E-state index contributed by atoms with van der Waals surface area (Å²) >= 11 is 3.56. The van der Waals surface area contributed by atoms with Crippen molar-refractivity contribution in [2.45, 2.75) is 58.0 Å². The van der Waals surface area contributed by atoms with Gasteiger partial charge in [0.05, 0.1) is 0 Å². The molecular formula is C25H34BrN5O2. The lowest BCUT2D eigenvalue weighted by Crippen LogP contribution is -2.43. The van der Waals surface area contributed by atoms with Gasteiger partial charge in [-0.05, 0) is 68.7 Å². The van der Waals surface area contributed by atoms with E-state index in [0.29, 0.717) is 18.8 Å². The number of hydrogen-bond acceptors (Lipinski definition) is 6. The first kappa shape index (κ1) is 24.1. The van der Waals surface area contributed by atoms with Crippen LogP contribution in [-0.4, -0.2) is 59.7 Å². The van der Waals surface area contributed by atoms with Crippen molar-refractivity contribution in [3.63, 3.8) is 0 Å². The van der Waals surface area contributed by atoms with E-state index in [2.05, 4.69) is 49.0 Å². The second-order valence-electron chi connectivity index (χ2n) is 9.06. The van der Waals surface area contributed by atoms with Gasteiger partial charge in [-0.1, -0.05) is 22.0 Å². The van der Waals surface area contributed by atoms with Gasteiger partial charge >= 0.3 is 0 Å². The van der Waals surface area contributed by atoms with Gasteiger partial charge in [0.25, 0.3) is 5.91 Å². The molecule has 3 aliphatic heterocycles. The Bertz CT molecular complexity index is 946. The number of nitrogens with two attached hydrogens (primary N) is 1. The van der Waals surface area contributed by atoms with Gasteiger partial charge in [-0.25, -0.2) is 9.97 Å². The monoisotopic (exact) mass is 515 g/mol. The standard InChI is InChI=1S/C20H24BrN5O.C5H10O/c1-13-18(20(27)25-8-5-17(22)6-9-25)23-12-24-19(13)26-7-4-14-2-3-16(21)10-15(14)11-26;1-2-4-6-5-3-1/h2-3,10,12,17H,4-9,11,22H2,1H3;1-5H2. The highest BCUT2D eigenvalue weighted by molar-refractivity contribution is 9.10. The molecule has 2 fully saturated rings. The van der Waals surface area contributed by atoms with Crippen LogP contribution in [0.15, 0.2) is 29.0 Å². The summed E-state index contributed by atoms with van der Waals surface area (Å²) in [5.74, 6) is 0.843. The molecule has 8 heteroatoms. The fraction of sp³-hybridized carbons (Fsp3) is 0.560. The Hall–Kier alpha value is -2.03. The molecule has 2 N–H and O–H groups in total. The Morgan fingerprint density at radius 1 is 1.09 bits per heavy atom. The first-order valence-corrected chi connectivity index (χ1v) is 12.8. The molecule has 178 valence electrons. The number of anilines is 1. The lowest BCUT2D eigenvalue weighted by molar-refractivity contribution is 0.0707. The van der Waals surface area contributed by atoms with E-state index in [4.69, 9.17) is 10.5 Å². The molecule has 0 unspecified atom stereocenters. The zero-order valence-electron chi connectivity index (χ0n) is 19.4. The van der Waals surface area contributed by atoms with Gasteiger partial charge in [-0.3, -0.25) is 4.79 Å². The average Bonchev–Trinajstić information content (AvgIpc) is 2.85. The number of piperidine rings is 1. The Balaban J connectivity index is 0.000000376. The van der Waals surface area contributed by atoms with E-state index < -0.39 is 0 Å². The van der Waals surface area contributed by atoms with E-state index in [1.807, 2.05) is 11.8 Å². The summed E-state index contributed by atoms with van der Waals surface area (Å²) in [5, 5.41) is 0. The number of carbonyl (C=O) groups is 1. The van der Waals surface area contributed by atoms with Crippen LogP contribution >= 0.6 is 15.9 Å². The minimum atomic E-state index is -0.0109. The minimum Gasteiger partial charge on any atom is -0.381 e. The lowest BCUT2D eigenvalue weighted by atomic mass is 9.99. The van der Waals surface area contributed by atoms with E-state index in [9.17, 15) is 4.79 Å². The molecule has 1 aromatic carbocycles. The van der Waals surface area contributed by atoms with Crippen LogP contribution in [0, 0.1) is 6.92 Å². The average molecular weight is 516 g/mol. The molecule has 7 nitrogen and oxygen atoms in total. The maximum Gasteiger partial charge on any atom is 0.272 e. The fourth-order valence-corrected chi connectivity index (χ4v) is 5.03. The van der Waals surface area contributed by atoms with Crippen LogP contribution < -0.4 is 10.6 Å². The normalized spacial score (nSPS) is 18.9. The molecule has 2 saturated heterocycles. The van der Waals surface area contributed by atoms with E-state index in [-0.39, 0.29) is 11.9 Å². The molecule has 0 saturated carbocycles. The molecule has 0 radical (unpaired) electrons. The van der Waals surface area contributed by atoms with Gasteiger partial charge in [0.15, 0.2) is 0 Å². The largest absolute Gasteiger partial charge is 0.381 e. The summed E-state index contributed by atoms with van der Waals surface area (Å²) in [5.41, 5.74) is 10.0. The van der Waals surface area contributed by atoms with Gasteiger partial charge in [0.1, 0.15) is 17.8 Å². The SMILES string of the molecule is C1CCOCC1.Cc1c(C(=O)N2CCC(N)CC2)ncnc1N1CCc2ccc(Br)cc2C1. The van der Waals surface area contributed by atoms with Gasteiger partial charge < -0.3 is 20.3 Å². The van der Waals surface area contributed by atoms with Crippen LogP contribution in [0.25, 0.3) is 0 Å². The Morgan fingerprint density at radius 2 is 1.85 bits per heavy atom. The molecule has 1 amide bonds. The van der Waals surface area contributed by atoms with Crippen LogP contribution in [0.2, 0.25) is 0 Å². The maximum atomic E-state index is 13.0. The predicted octanol–water partition coefficient (Wildman–Crippen LogP) is 3.86. The number of ether oxygens (including phenoxy) is 1. The lowest BCUT2D eigenvalue weighted by Gasteiger charge is -2.32. The first-order valence-electron chi connectivity index (χ1n) is 12.0. The van der Waals surface area contributed by atoms with Crippen LogP contribution in [-0.2, 0) is 17.7 Å². The fourth-order valence-electron chi connectivity index (χ4n) is 4.62. The van der Waals surface area contributed by atoms with Gasteiger partial charge in [0, 0.05) is 55.5 Å². The molecule has 0 spiro atoms. The predicted molar refractivity (Wildman–Crippen MR) is 133 cm³/mol. The molecule has 0 aliphatic carbocycles. The molecular weight excluding hydrogens is 482 g/mol. The van der Waals surface area contributed by atoms with Crippen LogP contribution in [0.1, 0.15) is 59.3 Å². The van der Waals surface area contributed by atoms with E-state index in [0.717, 1.165) is 61.4 Å². The van der Waals surface area contributed by atoms with E-state index >= 15 is 0 Å². The van der Waals surface area contributed by atoms with Crippen molar-refractivity contribution in [1.29, 1.82) is 0 Å². The van der Waals surface area contributed by atoms with Gasteiger partial charge in [0.2, 0.25) is 0 Å². The number of amides is 1. The van der Waals surface area contributed by atoms with Crippen LogP contribution in [0.4, 0.5) is 5.82 Å². The smallest absolute Gasteiger partial charge is 0.272 e. The minimum absolute atomic E-state index is 0.0109. The molecule has 1 aromatic heterocycles. The van der Waals surface area contributed by atoms with Crippen molar-refractivity contribution in [2.75, 3.05) is 37.7 Å². The zero-order valence-corrected chi connectivity index (χ0v) is 21.0. The van der Waals surface area contributed by atoms with Crippen molar-refractivity contribution < 1.29 is 9.53 Å². The third-order valence-electron chi connectivity index (χ3n) is 6.64. The third kappa shape index (κ3) is 6.11. The molecule has 0 bridgehead atoms. The second-order valence-corrected chi connectivity index (χ2v) is 9.97. The number of nitrogens with zero attached hydrogens (tertiary/aromatic N) is 4. The quantitative estimate of drug-likeness (QED) is 0.653. The van der Waals surface area contributed by atoms with Crippen molar-refractivity contribution in [2.24, 2.45) is 5.73 Å². The maximum absolute atomic E-state index is 13.0. The zero-order chi connectivity index (χ0) is 23.2. The summed E-state index contributed by atoms with van der Waals surface area (Å²) in [4.78, 5) is 25.9. The highest BCUT2D eigenvalue weighted by Gasteiger charge is 2.27. The van der Waals surface area contributed by atoms with Crippen LogP contribution in [0.3, 0.4) is 0 Å². The highest BCUT2D eigenvalue weighted by Crippen LogP contribution is 2.28. The van der Waals surface area contributed by atoms with E-state index in [1.165, 1.54) is 36.7 Å². The number of aromatic nitrogens is 2. The second kappa shape index (κ2) is 11.4. The number of likely N-dealkylation sites (tertiary alicyclic amines) is 1. The molecule has 0 atom stereocenters. The summed E-state index contributed by atoms with van der Waals surface area (Å²) in [6.45, 7) is 7.03.